The number of carbonyl (C=O) groups excluding carboxylic acids is 1. The number of halogens is 1. The summed E-state index contributed by atoms with van der Waals surface area (Å²) in [5.74, 6) is -1.72. The van der Waals surface area contributed by atoms with Gasteiger partial charge in [0.15, 0.2) is 6.10 Å². The third-order valence-electron chi connectivity index (χ3n) is 6.74. The molecule has 8 heteroatoms. The number of aromatic nitrogens is 1. The lowest BCUT2D eigenvalue weighted by atomic mass is 9.85. The molecule has 4 aromatic rings. The summed E-state index contributed by atoms with van der Waals surface area (Å²) in [5.41, 5.74) is 3.01. The Labute approximate surface area is 219 Å². The molecule has 1 amide bonds. The van der Waals surface area contributed by atoms with E-state index in [0.29, 0.717) is 57.3 Å². The molecular formula is C30H29FN2O5. The Hall–Kier alpha value is -4.04. The first-order valence-electron chi connectivity index (χ1n) is 12.4. The number of carboxylic acid groups (broad SMARTS) is 1. The summed E-state index contributed by atoms with van der Waals surface area (Å²) >= 11 is 0. The number of nitrogens with zero attached hydrogens (tertiary/aromatic N) is 1. The summed E-state index contributed by atoms with van der Waals surface area (Å²) in [6, 6.07) is 10.2. The number of benzene rings is 3. The Morgan fingerprint density at radius 1 is 1.18 bits per heavy atom. The van der Waals surface area contributed by atoms with Crippen LogP contribution in [0.4, 0.5) is 4.39 Å². The van der Waals surface area contributed by atoms with Gasteiger partial charge >= 0.3 is 5.97 Å². The Balaban J connectivity index is 1.93. The van der Waals surface area contributed by atoms with Crippen LogP contribution in [0.3, 0.4) is 0 Å². The lowest BCUT2D eigenvalue weighted by molar-refractivity contribution is -0.160. The van der Waals surface area contributed by atoms with Gasteiger partial charge in [0.2, 0.25) is 0 Å². The van der Waals surface area contributed by atoms with E-state index in [1.54, 1.807) is 40.0 Å². The van der Waals surface area contributed by atoms with Crippen molar-refractivity contribution in [2.24, 2.45) is 0 Å². The van der Waals surface area contributed by atoms with Gasteiger partial charge in [-0.2, -0.15) is 0 Å². The number of amides is 1. The minimum absolute atomic E-state index is 0.0951. The van der Waals surface area contributed by atoms with Crippen LogP contribution in [-0.2, 0) is 16.0 Å². The van der Waals surface area contributed by atoms with Crippen molar-refractivity contribution in [1.82, 2.24) is 10.3 Å². The summed E-state index contributed by atoms with van der Waals surface area (Å²) in [4.78, 5) is 29.7. The van der Waals surface area contributed by atoms with Gasteiger partial charge in [-0.15, -0.1) is 0 Å². The monoisotopic (exact) mass is 516 g/mol. The SMILES string of the molecule is CNC(=O)c1cc2cc(C)c(C(OC(C)(C)C)C(=O)O)c(-c3ccc4c5c(ccnc35)CCO4)c2cc1F. The second kappa shape index (κ2) is 9.36. The average Bonchev–Trinajstić information content (AvgIpc) is 2.86. The summed E-state index contributed by atoms with van der Waals surface area (Å²) in [5, 5.41) is 14.7. The maximum absolute atomic E-state index is 15.4. The van der Waals surface area contributed by atoms with Crippen LogP contribution in [0.15, 0.2) is 42.6 Å². The summed E-state index contributed by atoms with van der Waals surface area (Å²) < 4.78 is 27.3. The minimum atomic E-state index is -1.34. The molecule has 1 atom stereocenters. The molecule has 3 aromatic carbocycles. The smallest absolute Gasteiger partial charge is 0.337 e. The number of pyridine rings is 1. The van der Waals surface area contributed by atoms with Gasteiger partial charge in [0.25, 0.3) is 5.91 Å². The number of nitrogens with one attached hydrogen (secondary N) is 1. The molecule has 0 radical (unpaired) electrons. The van der Waals surface area contributed by atoms with Gasteiger partial charge < -0.3 is 19.9 Å². The number of aliphatic carboxylic acids is 1. The van der Waals surface area contributed by atoms with Crippen LogP contribution in [0.25, 0.3) is 32.8 Å². The van der Waals surface area contributed by atoms with E-state index in [4.69, 9.17) is 9.47 Å². The van der Waals surface area contributed by atoms with Gasteiger partial charge in [0.05, 0.1) is 23.3 Å². The predicted molar refractivity (Wildman–Crippen MR) is 143 cm³/mol. The van der Waals surface area contributed by atoms with Crippen LogP contribution >= 0.6 is 0 Å². The first kappa shape index (κ1) is 25.6. The molecule has 7 nitrogen and oxygen atoms in total. The molecule has 1 aliphatic heterocycles. The maximum atomic E-state index is 15.4. The lowest BCUT2D eigenvalue weighted by Crippen LogP contribution is -2.28. The van der Waals surface area contributed by atoms with Gasteiger partial charge in [-0.1, -0.05) is 6.07 Å². The first-order chi connectivity index (χ1) is 18.0. The van der Waals surface area contributed by atoms with Crippen LogP contribution in [0, 0.1) is 12.7 Å². The molecule has 1 aliphatic rings. The van der Waals surface area contributed by atoms with E-state index in [2.05, 4.69) is 10.3 Å². The molecule has 38 heavy (non-hydrogen) atoms. The van der Waals surface area contributed by atoms with Gasteiger partial charge in [0.1, 0.15) is 11.6 Å². The van der Waals surface area contributed by atoms with E-state index in [0.717, 1.165) is 10.9 Å². The second-order valence-corrected chi connectivity index (χ2v) is 10.5. The number of hydrogen-bond acceptors (Lipinski definition) is 5. The van der Waals surface area contributed by atoms with E-state index in [1.165, 1.54) is 19.2 Å². The molecule has 5 rings (SSSR count). The highest BCUT2D eigenvalue weighted by Crippen LogP contribution is 2.45. The molecule has 0 aliphatic carbocycles. The molecule has 0 spiro atoms. The van der Waals surface area contributed by atoms with Gasteiger partial charge in [-0.25, -0.2) is 9.18 Å². The molecule has 0 fully saturated rings. The van der Waals surface area contributed by atoms with Gasteiger partial charge in [-0.05, 0) is 85.5 Å². The third kappa shape index (κ3) is 4.35. The molecular weight excluding hydrogens is 487 g/mol. The third-order valence-corrected chi connectivity index (χ3v) is 6.74. The van der Waals surface area contributed by atoms with Crippen molar-refractivity contribution >= 4 is 33.6 Å². The van der Waals surface area contributed by atoms with Crippen molar-refractivity contribution in [3.05, 3.63) is 70.7 Å². The topological polar surface area (TPSA) is 97.8 Å². The minimum Gasteiger partial charge on any atom is -0.493 e. The Morgan fingerprint density at radius 3 is 2.63 bits per heavy atom. The van der Waals surface area contributed by atoms with Crippen LogP contribution in [0.5, 0.6) is 5.75 Å². The highest BCUT2D eigenvalue weighted by atomic mass is 19.1. The number of aryl methyl sites for hydroxylation is 1. The zero-order valence-electron chi connectivity index (χ0n) is 21.9. The quantitative estimate of drug-likeness (QED) is 0.351. The van der Waals surface area contributed by atoms with Crippen LogP contribution in [0.1, 0.15) is 53.9 Å². The largest absolute Gasteiger partial charge is 0.493 e. The molecule has 0 bridgehead atoms. The molecule has 2 heterocycles. The molecule has 1 aromatic heterocycles. The van der Waals surface area contributed by atoms with Crippen LogP contribution in [-0.4, -0.2) is 41.2 Å². The first-order valence-corrected chi connectivity index (χ1v) is 12.4. The predicted octanol–water partition coefficient (Wildman–Crippen LogP) is 5.74. The summed E-state index contributed by atoms with van der Waals surface area (Å²) in [6.45, 7) is 7.71. The van der Waals surface area contributed by atoms with Gasteiger partial charge in [0, 0.05) is 36.2 Å². The fraction of sp³-hybridized carbons (Fsp3) is 0.300. The van der Waals surface area contributed by atoms with E-state index in [9.17, 15) is 14.7 Å². The molecule has 2 N–H and O–H groups in total. The number of ether oxygens (including phenoxy) is 2. The Morgan fingerprint density at radius 2 is 1.95 bits per heavy atom. The van der Waals surface area contributed by atoms with Gasteiger partial charge in [-0.3, -0.25) is 9.78 Å². The lowest BCUT2D eigenvalue weighted by Gasteiger charge is -2.29. The maximum Gasteiger partial charge on any atom is 0.337 e. The van der Waals surface area contributed by atoms with E-state index < -0.39 is 29.4 Å². The fourth-order valence-electron chi connectivity index (χ4n) is 5.21. The normalized spacial score (nSPS) is 13.8. The fourth-order valence-corrected chi connectivity index (χ4v) is 5.21. The van der Waals surface area contributed by atoms with Crippen molar-refractivity contribution in [2.75, 3.05) is 13.7 Å². The van der Waals surface area contributed by atoms with E-state index in [-0.39, 0.29) is 5.56 Å². The average molecular weight is 517 g/mol. The van der Waals surface area contributed by atoms with Crippen LogP contribution in [0.2, 0.25) is 0 Å². The second-order valence-electron chi connectivity index (χ2n) is 10.5. The van der Waals surface area contributed by atoms with Crippen molar-refractivity contribution in [3.8, 4) is 16.9 Å². The number of carboxylic acids is 1. The highest BCUT2D eigenvalue weighted by molar-refractivity contribution is 6.10. The Bertz CT molecular complexity index is 1610. The number of rotatable bonds is 5. The molecule has 1 unspecified atom stereocenters. The van der Waals surface area contributed by atoms with E-state index >= 15 is 4.39 Å². The Kier molecular flexibility index (Phi) is 6.31. The zero-order valence-corrected chi connectivity index (χ0v) is 21.9. The number of fused-ring (bicyclic) bond motifs is 1. The van der Waals surface area contributed by atoms with Crippen LogP contribution < -0.4 is 10.1 Å². The van der Waals surface area contributed by atoms with Crippen molar-refractivity contribution in [2.45, 2.75) is 45.8 Å². The number of hydrogen-bond donors (Lipinski definition) is 2. The zero-order chi connectivity index (χ0) is 27.4. The molecule has 0 saturated heterocycles. The highest BCUT2D eigenvalue weighted by Gasteiger charge is 2.33. The summed E-state index contributed by atoms with van der Waals surface area (Å²) in [6.07, 6.45) is 1.10. The number of carbonyl (C=O) groups is 2. The standard InChI is InChI=1S/C30H29FN2O5/c1-15-12-17-13-20(28(34)32-5)21(31)14-19(17)25(23(15)27(29(35)36)38-30(2,3)4)18-6-7-22-24-16(9-11-37-22)8-10-33-26(18)24/h6-8,10,12-14,27H,9,11H2,1-5H3,(H,32,34)(H,35,36). The van der Waals surface area contributed by atoms with Crippen molar-refractivity contribution < 1.29 is 28.6 Å². The molecule has 196 valence electrons. The van der Waals surface area contributed by atoms with Crippen molar-refractivity contribution in [1.29, 1.82) is 0 Å². The van der Waals surface area contributed by atoms with E-state index in [1.807, 2.05) is 18.2 Å². The summed E-state index contributed by atoms with van der Waals surface area (Å²) in [7, 11) is 1.44. The molecule has 0 saturated carbocycles. The van der Waals surface area contributed by atoms with Crippen molar-refractivity contribution in [3.63, 3.8) is 0 Å².